The molecule has 0 saturated carbocycles. The molecule has 0 saturated heterocycles. The number of aromatic nitrogens is 2. The summed E-state index contributed by atoms with van der Waals surface area (Å²) >= 11 is 0. The number of likely N-dealkylation sites (N-methyl/N-ethyl adjacent to an activating group) is 1. The molecule has 0 bridgehead atoms. The van der Waals surface area contributed by atoms with Crippen molar-refractivity contribution in [3.8, 4) is 11.5 Å². The van der Waals surface area contributed by atoms with Gasteiger partial charge in [0.1, 0.15) is 18.1 Å². The van der Waals surface area contributed by atoms with Gasteiger partial charge in [-0.2, -0.15) is 0 Å². The fourth-order valence-electron chi connectivity index (χ4n) is 1.80. The number of aryl methyl sites for hydroxylation is 1. The zero-order chi connectivity index (χ0) is 15.1. The van der Waals surface area contributed by atoms with Crippen LogP contribution in [0.4, 0.5) is 0 Å². The third kappa shape index (κ3) is 4.75. The molecule has 0 atom stereocenters. The van der Waals surface area contributed by atoms with Gasteiger partial charge in [-0.1, -0.05) is 6.92 Å². The van der Waals surface area contributed by atoms with Crippen LogP contribution in [0.1, 0.15) is 18.7 Å². The van der Waals surface area contributed by atoms with Gasteiger partial charge in [0.25, 0.3) is 0 Å². The highest BCUT2D eigenvalue weighted by Crippen LogP contribution is 2.16. The van der Waals surface area contributed by atoms with E-state index in [-0.39, 0.29) is 0 Å². The third-order valence-corrected chi connectivity index (χ3v) is 3.02. The first kappa shape index (κ1) is 15.3. The zero-order valence-electron chi connectivity index (χ0n) is 12.7. The summed E-state index contributed by atoms with van der Waals surface area (Å²) in [5, 5.41) is 7.94. The van der Waals surface area contributed by atoms with Crippen LogP contribution in [0.15, 0.2) is 28.7 Å². The Morgan fingerprint density at radius 3 is 2.38 bits per heavy atom. The second-order valence-corrected chi connectivity index (χ2v) is 4.70. The molecule has 0 fully saturated rings. The number of benzene rings is 1. The van der Waals surface area contributed by atoms with Crippen LogP contribution in [0, 0.1) is 0 Å². The zero-order valence-corrected chi connectivity index (χ0v) is 12.7. The summed E-state index contributed by atoms with van der Waals surface area (Å²) < 4.78 is 16.3. The molecule has 1 aromatic heterocycles. The molecule has 2 aromatic rings. The molecular formula is C15H21N3O3. The van der Waals surface area contributed by atoms with Crippen LogP contribution >= 0.6 is 0 Å². The summed E-state index contributed by atoms with van der Waals surface area (Å²) in [5.74, 6) is 2.96. The van der Waals surface area contributed by atoms with Gasteiger partial charge in [0, 0.05) is 13.0 Å². The van der Waals surface area contributed by atoms with E-state index in [1.807, 2.05) is 38.2 Å². The fourth-order valence-corrected chi connectivity index (χ4v) is 1.80. The highest BCUT2D eigenvalue weighted by Gasteiger charge is 2.07. The molecule has 21 heavy (non-hydrogen) atoms. The van der Waals surface area contributed by atoms with Crippen molar-refractivity contribution in [3.63, 3.8) is 0 Å². The van der Waals surface area contributed by atoms with Gasteiger partial charge < -0.3 is 13.9 Å². The Balaban J connectivity index is 1.71. The summed E-state index contributed by atoms with van der Waals surface area (Å²) in [6, 6.07) is 7.54. The predicted molar refractivity (Wildman–Crippen MR) is 78.5 cm³/mol. The molecule has 0 unspecified atom stereocenters. The first-order valence-corrected chi connectivity index (χ1v) is 6.98. The number of ether oxygens (including phenoxy) is 2. The van der Waals surface area contributed by atoms with Gasteiger partial charge in [0.2, 0.25) is 11.8 Å². The van der Waals surface area contributed by atoms with Gasteiger partial charge in [-0.05, 0) is 31.3 Å². The molecule has 114 valence electrons. The van der Waals surface area contributed by atoms with E-state index >= 15 is 0 Å². The number of nitrogens with zero attached hydrogens (tertiary/aromatic N) is 3. The van der Waals surface area contributed by atoms with Crippen molar-refractivity contribution in [2.24, 2.45) is 0 Å². The van der Waals surface area contributed by atoms with Gasteiger partial charge in [-0.15, -0.1) is 10.2 Å². The van der Waals surface area contributed by atoms with Crippen molar-refractivity contribution in [1.82, 2.24) is 15.1 Å². The van der Waals surface area contributed by atoms with E-state index < -0.39 is 0 Å². The summed E-state index contributed by atoms with van der Waals surface area (Å²) in [5.41, 5.74) is 0. The molecular weight excluding hydrogens is 270 g/mol. The predicted octanol–water partition coefficient (Wildman–Crippen LogP) is 2.15. The lowest BCUT2D eigenvalue weighted by atomic mass is 10.3. The number of hydrogen-bond donors (Lipinski definition) is 0. The first-order valence-electron chi connectivity index (χ1n) is 6.98. The van der Waals surface area contributed by atoms with Crippen molar-refractivity contribution in [3.05, 3.63) is 36.0 Å². The fraction of sp³-hybridized carbons (Fsp3) is 0.467. The van der Waals surface area contributed by atoms with Gasteiger partial charge in [0.15, 0.2) is 0 Å². The lowest BCUT2D eigenvalue weighted by Gasteiger charge is -2.14. The second kappa shape index (κ2) is 7.64. The van der Waals surface area contributed by atoms with E-state index in [2.05, 4.69) is 15.1 Å². The molecule has 6 nitrogen and oxygen atoms in total. The van der Waals surface area contributed by atoms with Gasteiger partial charge in [0.05, 0.1) is 13.7 Å². The molecule has 6 heteroatoms. The van der Waals surface area contributed by atoms with Crippen LogP contribution in [-0.4, -0.2) is 42.4 Å². The Bertz CT molecular complexity index is 539. The molecule has 0 aliphatic carbocycles. The van der Waals surface area contributed by atoms with Crippen LogP contribution in [0.5, 0.6) is 11.5 Å². The van der Waals surface area contributed by atoms with E-state index in [0.29, 0.717) is 24.9 Å². The topological polar surface area (TPSA) is 60.6 Å². The largest absolute Gasteiger partial charge is 0.497 e. The minimum Gasteiger partial charge on any atom is -0.497 e. The Morgan fingerprint density at radius 2 is 1.76 bits per heavy atom. The Labute approximate surface area is 124 Å². The molecule has 0 radical (unpaired) electrons. The van der Waals surface area contributed by atoms with E-state index in [0.717, 1.165) is 24.5 Å². The summed E-state index contributed by atoms with van der Waals surface area (Å²) in [6.07, 6.45) is 0.761. The number of hydrogen-bond acceptors (Lipinski definition) is 6. The van der Waals surface area contributed by atoms with Crippen molar-refractivity contribution >= 4 is 0 Å². The Hall–Kier alpha value is -2.08. The van der Waals surface area contributed by atoms with Crippen LogP contribution in [-0.2, 0) is 13.0 Å². The van der Waals surface area contributed by atoms with Crippen molar-refractivity contribution in [1.29, 1.82) is 0 Å². The lowest BCUT2D eigenvalue weighted by molar-refractivity contribution is 0.218. The standard InChI is InChI=1S/C15H21N3O3/c1-4-14-16-17-15(21-14)11-18(2)9-10-20-13-7-5-12(19-3)6-8-13/h5-8H,4,9-11H2,1-3H3. The van der Waals surface area contributed by atoms with E-state index in [9.17, 15) is 0 Å². The minimum absolute atomic E-state index is 0.595. The quantitative estimate of drug-likeness (QED) is 0.742. The van der Waals surface area contributed by atoms with Gasteiger partial charge in [-0.3, -0.25) is 4.90 Å². The lowest BCUT2D eigenvalue weighted by Crippen LogP contribution is -2.24. The summed E-state index contributed by atoms with van der Waals surface area (Å²) in [4.78, 5) is 2.08. The monoisotopic (exact) mass is 291 g/mol. The van der Waals surface area contributed by atoms with Crippen LogP contribution in [0.25, 0.3) is 0 Å². The van der Waals surface area contributed by atoms with Crippen molar-refractivity contribution in [2.45, 2.75) is 19.9 Å². The van der Waals surface area contributed by atoms with Gasteiger partial charge in [-0.25, -0.2) is 0 Å². The molecule has 0 amide bonds. The normalized spacial score (nSPS) is 10.9. The average molecular weight is 291 g/mol. The maximum Gasteiger partial charge on any atom is 0.230 e. The van der Waals surface area contributed by atoms with Crippen molar-refractivity contribution < 1.29 is 13.9 Å². The highest BCUT2D eigenvalue weighted by molar-refractivity contribution is 5.31. The molecule has 1 heterocycles. The first-order chi connectivity index (χ1) is 10.2. The molecule has 0 aliphatic heterocycles. The van der Waals surface area contributed by atoms with Crippen molar-refractivity contribution in [2.75, 3.05) is 27.3 Å². The molecule has 0 aliphatic rings. The Kier molecular flexibility index (Phi) is 5.57. The van der Waals surface area contributed by atoms with E-state index in [1.165, 1.54) is 0 Å². The van der Waals surface area contributed by atoms with E-state index in [1.54, 1.807) is 7.11 Å². The second-order valence-electron chi connectivity index (χ2n) is 4.70. The van der Waals surface area contributed by atoms with Crippen LogP contribution in [0.3, 0.4) is 0 Å². The van der Waals surface area contributed by atoms with Crippen LogP contribution in [0.2, 0.25) is 0 Å². The smallest absolute Gasteiger partial charge is 0.230 e. The maximum absolute atomic E-state index is 5.68. The molecule has 0 spiro atoms. The number of methoxy groups -OCH3 is 1. The number of rotatable bonds is 8. The Morgan fingerprint density at radius 1 is 1.10 bits per heavy atom. The molecule has 0 N–H and O–H groups in total. The average Bonchev–Trinajstić information content (AvgIpc) is 2.95. The minimum atomic E-state index is 0.595. The summed E-state index contributed by atoms with van der Waals surface area (Å²) in [7, 11) is 3.64. The highest BCUT2D eigenvalue weighted by atomic mass is 16.5. The third-order valence-electron chi connectivity index (χ3n) is 3.02. The SMILES string of the molecule is CCc1nnc(CN(C)CCOc2ccc(OC)cc2)o1. The molecule has 2 rings (SSSR count). The molecule has 1 aromatic carbocycles. The van der Waals surface area contributed by atoms with Gasteiger partial charge >= 0.3 is 0 Å². The summed E-state index contributed by atoms with van der Waals surface area (Å²) in [6.45, 7) is 3.98. The maximum atomic E-state index is 5.68. The van der Waals surface area contributed by atoms with E-state index in [4.69, 9.17) is 13.9 Å². The van der Waals surface area contributed by atoms with Crippen LogP contribution < -0.4 is 9.47 Å².